The number of benzene rings is 1. The number of nitrogens with two attached hydrogens (primary N) is 1. The van der Waals surface area contributed by atoms with Crippen molar-refractivity contribution in [3.05, 3.63) is 29.3 Å². The van der Waals surface area contributed by atoms with Gasteiger partial charge in [-0.25, -0.2) is 0 Å². The van der Waals surface area contributed by atoms with Crippen LogP contribution in [-0.2, 0) is 11.8 Å². The summed E-state index contributed by atoms with van der Waals surface area (Å²) < 4.78 is 10.8. The van der Waals surface area contributed by atoms with Gasteiger partial charge < -0.3 is 15.0 Å². The van der Waals surface area contributed by atoms with Crippen LogP contribution in [0.1, 0.15) is 30.4 Å². The number of nitrogens with zero attached hydrogens (tertiary/aromatic N) is 1. The van der Waals surface area contributed by atoms with Crippen molar-refractivity contribution >= 4 is 5.82 Å². The van der Waals surface area contributed by atoms with Crippen LogP contribution in [0.25, 0.3) is 11.3 Å². The lowest BCUT2D eigenvalue weighted by atomic mass is 9.58. The van der Waals surface area contributed by atoms with Crippen LogP contribution in [0, 0.1) is 0 Å². The van der Waals surface area contributed by atoms with E-state index in [1.807, 2.05) is 12.1 Å². The molecule has 1 heterocycles. The maximum atomic E-state index is 5.95. The fraction of sp³-hybridized carbons (Fsp3) is 0.400. The summed E-state index contributed by atoms with van der Waals surface area (Å²) in [6, 6.07) is 6.25. The predicted octanol–water partition coefficient (Wildman–Crippen LogP) is 2.91. The van der Waals surface area contributed by atoms with Crippen LogP contribution in [0.3, 0.4) is 0 Å². The molecule has 1 saturated carbocycles. The highest BCUT2D eigenvalue weighted by atomic mass is 16.5. The van der Waals surface area contributed by atoms with E-state index >= 15 is 0 Å². The maximum absolute atomic E-state index is 5.95. The van der Waals surface area contributed by atoms with Gasteiger partial charge in [0, 0.05) is 16.5 Å². The van der Waals surface area contributed by atoms with E-state index in [0.29, 0.717) is 5.82 Å². The monoisotopic (exact) mass is 256 g/mol. The first kappa shape index (κ1) is 10.9. The molecule has 0 radical (unpaired) electrons. The van der Waals surface area contributed by atoms with Crippen molar-refractivity contribution in [2.24, 2.45) is 0 Å². The molecule has 0 amide bonds. The van der Waals surface area contributed by atoms with Gasteiger partial charge in [0.2, 0.25) is 0 Å². The van der Waals surface area contributed by atoms with E-state index in [-0.39, 0.29) is 5.41 Å². The topological polar surface area (TPSA) is 61.3 Å². The molecule has 0 unspecified atom stereocenters. The second-order valence-electron chi connectivity index (χ2n) is 5.60. The standard InChI is InChI=1S/C15H16N2O2/c1-18-9-3-4-12-10(7-9)13-11(14(16)17-19-13)8-15(12)5-2-6-15/h3-4,7H,2,5-6,8H2,1H3,(H2,16,17). The molecule has 2 aliphatic carbocycles. The average molecular weight is 256 g/mol. The third kappa shape index (κ3) is 1.31. The number of rotatable bonds is 1. The average Bonchev–Trinajstić information content (AvgIpc) is 2.77. The van der Waals surface area contributed by atoms with Gasteiger partial charge in [0.25, 0.3) is 0 Å². The van der Waals surface area contributed by atoms with Crippen LogP contribution >= 0.6 is 0 Å². The van der Waals surface area contributed by atoms with E-state index in [4.69, 9.17) is 15.0 Å². The molecular weight excluding hydrogens is 240 g/mol. The highest BCUT2D eigenvalue weighted by Crippen LogP contribution is 2.54. The quantitative estimate of drug-likeness (QED) is 0.852. The number of methoxy groups -OCH3 is 1. The van der Waals surface area contributed by atoms with Gasteiger partial charge in [-0.1, -0.05) is 17.6 Å². The Morgan fingerprint density at radius 3 is 2.89 bits per heavy atom. The summed E-state index contributed by atoms with van der Waals surface area (Å²) >= 11 is 0. The molecule has 0 atom stereocenters. The van der Waals surface area contributed by atoms with Crippen molar-refractivity contribution < 1.29 is 9.26 Å². The minimum atomic E-state index is 0.244. The number of aromatic nitrogens is 1. The normalized spacial score (nSPS) is 18.6. The molecule has 2 N–H and O–H groups in total. The largest absolute Gasteiger partial charge is 0.497 e. The maximum Gasteiger partial charge on any atom is 0.172 e. The van der Waals surface area contributed by atoms with Crippen molar-refractivity contribution in [1.29, 1.82) is 0 Å². The zero-order valence-electron chi connectivity index (χ0n) is 10.9. The van der Waals surface area contributed by atoms with Gasteiger partial charge in [0.05, 0.1) is 7.11 Å². The Morgan fingerprint density at radius 2 is 2.21 bits per heavy atom. The van der Waals surface area contributed by atoms with Crippen LogP contribution in [0.5, 0.6) is 5.75 Å². The molecule has 1 fully saturated rings. The molecule has 1 aromatic heterocycles. The zero-order chi connectivity index (χ0) is 13.0. The Hall–Kier alpha value is -1.97. The summed E-state index contributed by atoms with van der Waals surface area (Å²) in [5.41, 5.74) is 9.73. The lowest BCUT2D eigenvalue weighted by molar-refractivity contribution is 0.238. The molecule has 4 nitrogen and oxygen atoms in total. The summed E-state index contributed by atoms with van der Waals surface area (Å²) in [4.78, 5) is 0. The molecule has 0 bridgehead atoms. The third-order valence-electron chi connectivity index (χ3n) is 4.69. The van der Waals surface area contributed by atoms with Crippen molar-refractivity contribution in [3.8, 4) is 17.1 Å². The molecular formula is C15H16N2O2. The zero-order valence-corrected chi connectivity index (χ0v) is 10.9. The molecule has 4 heteroatoms. The molecule has 2 aliphatic rings. The molecule has 0 aliphatic heterocycles. The summed E-state index contributed by atoms with van der Waals surface area (Å²) in [5, 5.41) is 3.94. The van der Waals surface area contributed by atoms with Crippen LogP contribution in [0.2, 0.25) is 0 Å². The summed E-state index contributed by atoms with van der Waals surface area (Å²) in [6.07, 6.45) is 4.68. The highest BCUT2D eigenvalue weighted by Gasteiger charge is 2.45. The summed E-state index contributed by atoms with van der Waals surface area (Å²) in [6.45, 7) is 0. The van der Waals surface area contributed by atoms with Gasteiger partial charge in [0.15, 0.2) is 11.6 Å². The number of hydrogen-bond donors (Lipinski definition) is 1. The van der Waals surface area contributed by atoms with E-state index in [0.717, 1.165) is 29.1 Å². The van der Waals surface area contributed by atoms with E-state index in [1.54, 1.807) is 7.11 Å². The second kappa shape index (κ2) is 3.53. The van der Waals surface area contributed by atoms with E-state index in [1.165, 1.54) is 24.8 Å². The number of hydrogen-bond acceptors (Lipinski definition) is 4. The van der Waals surface area contributed by atoms with Crippen molar-refractivity contribution in [2.45, 2.75) is 31.1 Å². The van der Waals surface area contributed by atoms with Crippen molar-refractivity contribution in [1.82, 2.24) is 5.16 Å². The van der Waals surface area contributed by atoms with Gasteiger partial charge >= 0.3 is 0 Å². The SMILES string of the molecule is COc1ccc2c(c1)-c1onc(N)c1CC21CCC1. The Labute approximate surface area is 111 Å². The molecule has 0 saturated heterocycles. The van der Waals surface area contributed by atoms with Crippen LogP contribution in [0.15, 0.2) is 22.7 Å². The fourth-order valence-electron chi connectivity index (χ4n) is 3.49. The Morgan fingerprint density at radius 1 is 1.37 bits per heavy atom. The smallest absolute Gasteiger partial charge is 0.172 e. The predicted molar refractivity (Wildman–Crippen MR) is 72.1 cm³/mol. The molecule has 98 valence electrons. The number of anilines is 1. The van der Waals surface area contributed by atoms with Gasteiger partial charge in [-0.05, 0) is 37.0 Å². The van der Waals surface area contributed by atoms with Gasteiger partial charge in [-0.2, -0.15) is 0 Å². The van der Waals surface area contributed by atoms with E-state index in [2.05, 4.69) is 11.2 Å². The number of fused-ring (bicyclic) bond motifs is 4. The fourth-order valence-corrected chi connectivity index (χ4v) is 3.49. The first-order valence-corrected chi connectivity index (χ1v) is 6.66. The Balaban J connectivity index is 1.98. The highest BCUT2D eigenvalue weighted by molar-refractivity contribution is 5.75. The van der Waals surface area contributed by atoms with Crippen LogP contribution in [-0.4, -0.2) is 12.3 Å². The van der Waals surface area contributed by atoms with E-state index < -0.39 is 0 Å². The lowest BCUT2D eigenvalue weighted by Crippen LogP contribution is -2.39. The van der Waals surface area contributed by atoms with Gasteiger partial charge in [-0.3, -0.25) is 0 Å². The van der Waals surface area contributed by atoms with Crippen molar-refractivity contribution in [3.63, 3.8) is 0 Å². The molecule has 19 heavy (non-hydrogen) atoms. The third-order valence-corrected chi connectivity index (χ3v) is 4.69. The Bertz CT molecular complexity index is 656. The summed E-state index contributed by atoms with van der Waals surface area (Å²) in [5.74, 6) is 2.20. The molecule has 1 spiro atoms. The number of nitrogen functional groups attached to an aromatic ring is 1. The van der Waals surface area contributed by atoms with E-state index in [9.17, 15) is 0 Å². The molecule has 2 aromatic rings. The first-order valence-electron chi connectivity index (χ1n) is 6.66. The minimum Gasteiger partial charge on any atom is -0.497 e. The van der Waals surface area contributed by atoms with Crippen LogP contribution < -0.4 is 10.5 Å². The lowest BCUT2D eigenvalue weighted by Gasteiger charge is -2.45. The van der Waals surface area contributed by atoms with Crippen LogP contribution in [0.4, 0.5) is 5.82 Å². The Kier molecular flexibility index (Phi) is 2.03. The van der Waals surface area contributed by atoms with Crippen molar-refractivity contribution in [2.75, 3.05) is 12.8 Å². The molecule has 4 rings (SSSR count). The number of ether oxygens (including phenoxy) is 1. The first-order chi connectivity index (χ1) is 9.23. The van der Waals surface area contributed by atoms with Gasteiger partial charge in [0.1, 0.15) is 5.75 Å². The summed E-state index contributed by atoms with van der Waals surface area (Å²) in [7, 11) is 1.68. The second-order valence-corrected chi connectivity index (χ2v) is 5.60. The molecule has 1 aromatic carbocycles. The van der Waals surface area contributed by atoms with Gasteiger partial charge in [-0.15, -0.1) is 0 Å². The minimum absolute atomic E-state index is 0.244.